The van der Waals surface area contributed by atoms with Gasteiger partial charge in [0.2, 0.25) is 0 Å². The lowest BCUT2D eigenvalue weighted by atomic mass is 10.1. The van der Waals surface area contributed by atoms with E-state index in [4.69, 9.17) is 39.5 Å². The van der Waals surface area contributed by atoms with Crippen molar-refractivity contribution in [1.82, 2.24) is 0 Å². The minimum absolute atomic E-state index is 0.0239. The molecule has 3 rings (SSSR count). The highest BCUT2D eigenvalue weighted by Gasteiger charge is 2.25. The molecule has 1 amide bonds. The van der Waals surface area contributed by atoms with E-state index < -0.39 is 17.7 Å². The Kier molecular flexibility index (Phi) is 6.33. The zero-order valence-corrected chi connectivity index (χ0v) is 17.6. The zero-order chi connectivity index (χ0) is 21.3. The molecular formula is C19H11Cl3FNO4S. The molecule has 3 aromatic rings. The van der Waals surface area contributed by atoms with E-state index in [-0.39, 0.29) is 37.6 Å². The molecular weight excluding hydrogens is 464 g/mol. The van der Waals surface area contributed by atoms with Gasteiger partial charge in [-0.2, -0.15) is 0 Å². The van der Waals surface area contributed by atoms with Crippen molar-refractivity contribution in [3.63, 3.8) is 0 Å². The molecule has 1 aromatic heterocycles. The van der Waals surface area contributed by atoms with Crippen LogP contribution in [-0.2, 0) is 0 Å². The number of carboxylic acids is 1. The second-order valence-electron chi connectivity index (χ2n) is 5.68. The van der Waals surface area contributed by atoms with Gasteiger partial charge in [0.1, 0.15) is 11.4 Å². The van der Waals surface area contributed by atoms with Crippen molar-refractivity contribution in [2.45, 2.75) is 0 Å². The van der Waals surface area contributed by atoms with E-state index in [1.54, 1.807) is 0 Å². The number of halogens is 4. The molecule has 0 saturated heterocycles. The SMILES string of the molecule is COc1c(Cl)cc(Cl)c(C(=O)Nc2csc(-c3ccc(F)cc3)c2C(=O)O)c1Cl. The Morgan fingerprint density at radius 2 is 1.76 bits per heavy atom. The number of nitrogens with one attached hydrogen (secondary N) is 1. The lowest BCUT2D eigenvalue weighted by Crippen LogP contribution is -2.15. The summed E-state index contributed by atoms with van der Waals surface area (Å²) >= 11 is 19.4. The van der Waals surface area contributed by atoms with Crippen LogP contribution in [0.1, 0.15) is 20.7 Å². The van der Waals surface area contributed by atoms with Gasteiger partial charge in [0.25, 0.3) is 5.91 Å². The van der Waals surface area contributed by atoms with Gasteiger partial charge in [-0.3, -0.25) is 4.79 Å². The highest BCUT2D eigenvalue weighted by Crippen LogP contribution is 2.41. The Morgan fingerprint density at radius 3 is 2.34 bits per heavy atom. The van der Waals surface area contributed by atoms with Crippen LogP contribution >= 0.6 is 46.1 Å². The van der Waals surface area contributed by atoms with E-state index in [1.165, 1.54) is 42.8 Å². The van der Waals surface area contributed by atoms with Crippen LogP contribution in [0.25, 0.3) is 10.4 Å². The number of carbonyl (C=O) groups excluding carboxylic acids is 1. The van der Waals surface area contributed by atoms with Crippen molar-refractivity contribution in [3.8, 4) is 16.2 Å². The predicted octanol–water partition coefficient (Wildman–Crippen LogP) is 6.47. The van der Waals surface area contributed by atoms with Crippen molar-refractivity contribution in [2.75, 3.05) is 12.4 Å². The third-order valence-corrected chi connectivity index (χ3v) is 5.89. The molecule has 0 unspecified atom stereocenters. The molecule has 5 nitrogen and oxygen atoms in total. The van der Waals surface area contributed by atoms with Gasteiger partial charge < -0.3 is 15.2 Å². The van der Waals surface area contributed by atoms with Crippen LogP contribution in [0.15, 0.2) is 35.7 Å². The monoisotopic (exact) mass is 473 g/mol. The summed E-state index contributed by atoms with van der Waals surface area (Å²) in [5, 5.41) is 13.6. The first-order valence-electron chi connectivity index (χ1n) is 7.88. The average molecular weight is 475 g/mol. The lowest BCUT2D eigenvalue weighted by Gasteiger charge is -2.13. The molecule has 0 aliphatic heterocycles. The summed E-state index contributed by atoms with van der Waals surface area (Å²) in [7, 11) is 1.33. The molecule has 0 spiro atoms. The number of amides is 1. The maximum atomic E-state index is 13.2. The molecule has 150 valence electrons. The zero-order valence-electron chi connectivity index (χ0n) is 14.6. The van der Waals surface area contributed by atoms with Crippen LogP contribution in [-0.4, -0.2) is 24.1 Å². The maximum absolute atomic E-state index is 13.2. The third kappa shape index (κ3) is 4.18. The predicted molar refractivity (Wildman–Crippen MR) is 113 cm³/mol. The largest absolute Gasteiger partial charge is 0.494 e. The van der Waals surface area contributed by atoms with E-state index in [0.717, 1.165) is 11.3 Å². The molecule has 0 fully saturated rings. The number of methoxy groups -OCH3 is 1. The third-order valence-electron chi connectivity index (χ3n) is 3.92. The summed E-state index contributed by atoms with van der Waals surface area (Å²) in [6.45, 7) is 0. The molecule has 2 aromatic carbocycles. The van der Waals surface area contributed by atoms with Crippen LogP contribution in [0, 0.1) is 5.82 Å². The normalized spacial score (nSPS) is 10.7. The van der Waals surface area contributed by atoms with Crippen LogP contribution in [0.2, 0.25) is 15.1 Å². The molecule has 0 atom stereocenters. The summed E-state index contributed by atoms with van der Waals surface area (Å²) in [5.74, 6) is -2.37. The first-order valence-corrected chi connectivity index (χ1v) is 9.89. The summed E-state index contributed by atoms with van der Waals surface area (Å²) in [6.07, 6.45) is 0. The first-order chi connectivity index (χ1) is 13.7. The van der Waals surface area contributed by atoms with E-state index in [2.05, 4.69) is 5.32 Å². The van der Waals surface area contributed by atoms with Crippen molar-refractivity contribution < 1.29 is 23.8 Å². The van der Waals surface area contributed by atoms with Crippen molar-refractivity contribution in [3.05, 3.63) is 67.7 Å². The van der Waals surface area contributed by atoms with E-state index >= 15 is 0 Å². The lowest BCUT2D eigenvalue weighted by molar-refractivity contribution is 0.0699. The quantitative estimate of drug-likeness (QED) is 0.444. The summed E-state index contributed by atoms with van der Waals surface area (Å²) in [6, 6.07) is 6.66. The topological polar surface area (TPSA) is 75.6 Å². The number of aromatic carboxylic acids is 1. The molecule has 0 aliphatic rings. The second kappa shape index (κ2) is 8.59. The molecule has 0 aliphatic carbocycles. The molecule has 0 saturated carbocycles. The van der Waals surface area contributed by atoms with Crippen LogP contribution in [0.4, 0.5) is 10.1 Å². The van der Waals surface area contributed by atoms with Gasteiger partial charge in [0, 0.05) is 5.38 Å². The van der Waals surface area contributed by atoms with Crippen LogP contribution < -0.4 is 10.1 Å². The van der Waals surface area contributed by atoms with E-state index in [9.17, 15) is 19.1 Å². The first kappa shape index (κ1) is 21.4. The molecule has 0 radical (unpaired) electrons. The summed E-state index contributed by atoms with van der Waals surface area (Å²) in [4.78, 5) is 25.0. The number of carboxylic acid groups (broad SMARTS) is 1. The molecule has 2 N–H and O–H groups in total. The van der Waals surface area contributed by atoms with Gasteiger partial charge in [0.05, 0.1) is 38.3 Å². The van der Waals surface area contributed by atoms with Crippen molar-refractivity contribution >= 4 is 63.7 Å². The molecule has 29 heavy (non-hydrogen) atoms. The highest BCUT2D eigenvalue weighted by atomic mass is 35.5. The molecule has 1 heterocycles. The minimum atomic E-state index is -1.26. The van der Waals surface area contributed by atoms with Crippen LogP contribution in [0.3, 0.4) is 0 Å². The summed E-state index contributed by atoms with van der Waals surface area (Å²) in [5.41, 5.74) is 0.301. The average Bonchev–Trinajstić information content (AvgIpc) is 3.06. The van der Waals surface area contributed by atoms with Gasteiger partial charge in [0.15, 0.2) is 5.75 Å². The van der Waals surface area contributed by atoms with Gasteiger partial charge >= 0.3 is 5.97 Å². The number of anilines is 1. The van der Waals surface area contributed by atoms with Gasteiger partial charge in [-0.25, -0.2) is 9.18 Å². The number of carbonyl (C=O) groups is 2. The standard InChI is InChI=1S/C19H11Cl3FNO4S/c1-28-16-11(21)6-10(20)13(15(16)22)18(25)24-12-7-29-17(14(12)19(26)27)8-2-4-9(23)5-3-8/h2-7H,1H3,(H,24,25)(H,26,27). The fourth-order valence-corrected chi connectivity index (χ4v) is 4.72. The minimum Gasteiger partial charge on any atom is -0.494 e. The number of benzene rings is 2. The van der Waals surface area contributed by atoms with E-state index in [1.807, 2.05) is 0 Å². The Bertz CT molecular complexity index is 1120. The van der Waals surface area contributed by atoms with Crippen molar-refractivity contribution in [1.29, 1.82) is 0 Å². The van der Waals surface area contributed by atoms with Crippen LogP contribution in [0.5, 0.6) is 5.75 Å². The number of thiophene rings is 1. The second-order valence-corrected chi connectivity index (χ2v) is 7.75. The van der Waals surface area contributed by atoms with Crippen molar-refractivity contribution in [2.24, 2.45) is 0 Å². The number of ether oxygens (including phenoxy) is 1. The van der Waals surface area contributed by atoms with E-state index in [0.29, 0.717) is 10.4 Å². The maximum Gasteiger partial charge on any atom is 0.339 e. The molecule has 10 heteroatoms. The smallest absolute Gasteiger partial charge is 0.339 e. The highest BCUT2D eigenvalue weighted by molar-refractivity contribution is 7.14. The Labute approximate surface area is 183 Å². The van der Waals surface area contributed by atoms with Gasteiger partial charge in [-0.1, -0.05) is 46.9 Å². The number of hydrogen-bond donors (Lipinski definition) is 2. The Balaban J connectivity index is 2.02. The van der Waals surface area contributed by atoms with Gasteiger partial charge in [-0.15, -0.1) is 11.3 Å². The summed E-state index contributed by atoms with van der Waals surface area (Å²) < 4.78 is 18.3. The Hall–Kier alpha value is -2.32. The fraction of sp³-hybridized carbons (Fsp3) is 0.0526. The fourth-order valence-electron chi connectivity index (χ4n) is 2.63. The Morgan fingerprint density at radius 1 is 1.10 bits per heavy atom. The molecule has 0 bridgehead atoms. The number of rotatable bonds is 5. The van der Waals surface area contributed by atoms with Gasteiger partial charge in [-0.05, 0) is 23.8 Å². The number of hydrogen-bond acceptors (Lipinski definition) is 4.